The van der Waals surface area contributed by atoms with Crippen LogP contribution in [-0.4, -0.2) is 43.1 Å². The average molecular weight is 249 g/mol. The summed E-state index contributed by atoms with van der Waals surface area (Å²) < 4.78 is 23.0. The van der Waals surface area contributed by atoms with E-state index in [0.29, 0.717) is 13.0 Å². The summed E-state index contributed by atoms with van der Waals surface area (Å²) in [5.74, 6) is -1.11. The highest BCUT2D eigenvalue weighted by atomic mass is 32.2. The molecule has 0 aromatic carbocycles. The third-order valence-electron chi connectivity index (χ3n) is 3.27. The predicted molar refractivity (Wildman–Crippen MR) is 61.1 cm³/mol. The maximum absolute atomic E-state index is 11.5. The average Bonchev–Trinajstić information content (AvgIpc) is 2.52. The first-order valence-corrected chi connectivity index (χ1v) is 7.24. The van der Waals surface area contributed by atoms with Crippen LogP contribution in [0.25, 0.3) is 0 Å². The van der Waals surface area contributed by atoms with E-state index in [1.54, 1.807) is 13.8 Å². The molecular weight excluding hydrogens is 230 g/mol. The molecule has 0 amide bonds. The van der Waals surface area contributed by atoms with E-state index >= 15 is 0 Å². The number of hydrogen-bond donors (Lipinski definition) is 2. The van der Waals surface area contributed by atoms with E-state index in [1.807, 2.05) is 0 Å². The zero-order valence-corrected chi connectivity index (χ0v) is 10.5. The number of aliphatic carboxylic acids is 1. The van der Waals surface area contributed by atoms with Gasteiger partial charge >= 0.3 is 5.97 Å². The van der Waals surface area contributed by atoms with Crippen LogP contribution in [0.5, 0.6) is 0 Å². The van der Waals surface area contributed by atoms with Crippen molar-refractivity contribution in [3.8, 4) is 0 Å². The van der Waals surface area contributed by atoms with Crippen molar-refractivity contribution in [2.45, 2.75) is 38.0 Å². The molecule has 1 fully saturated rings. The molecule has 3 unspecified atom stereocenters. The van der Waals surface area contributed by atoms with Gasteiger partial charge in [-0.2, -0.15) is 0 Å². The summed E-state index contributed by atoms with van der Waals surface area (Å²) in [6.45, 7) is 3.74. The van der Waals surface area contributed by atoms with E-state index < -0.39 is 21.7 Å². The third-order valence-corrected chi connectivity index (χ3v) is 5.55. The Morgan fingerprint density at radius 2 is 2.12 bits per heavy atom. The lowest BCUT2D eigenvalue weighted by Crippen LogP contribution is -2.41. The van der Waals surface area contributed by atoms with Crippen molar-refractivity contribution in [3.05, 3.63) is 0 Å². The van der Waals surface area contributed by atoms with Gasteiger partial charge in [-0.3, -0.25) is 4.79 Å². The molecule has 5 nitrogen and oxygen atoms in total. The molecule has 0 radical (unpaired) electrons. The lowest BCUT2D eigenvalue weighted by atomic mass is 10.0. The SMILES string of the molecule is CC(NCC1CCCS1(=O)=O)C(C)C(=O)O. The molecule has 0 aliphatic carbocycles. The van der Waals surface area contributed by atoms with Gasteiger partial charge in [-0.1, -0.05) is 6.92 Å². The molecule has 0 aromatic heterocycles. The lowest BCUT2D eigenvalue weighted by Gasteiger charge is -2.19. The fourth-order valence-corrected chi connectivity index (χ4v) is 3.57. The van der Waals surface area contributed by atoms with Crippen molar-refractivity contribution in [3.63, 3.8) is 0 Å². The number of sulfone groups is 1. The van der Waals surface area contributed by atoms with E-state index in [2.05, 4.69) is 5.32 Å². The Hall–Kier alpha value is -0.620. The van der Waals surface area contributed by atoms with Gasteiger partial charge in [-0.25, -0.2) is 8.42 Å². The maximum atomic E-state index is 11.5. The molecule has 0 bridgehead atoms. The van der Waals surface area contributed by atoms with E-state index in [0.717, 1.165) is 6.42 Å². The Balaban J connectivity index is 2.43. The summed E-state index contributed by atoms with van der Waals surface area (Å²) in [7, 11) is -2.94. The predicted octanol–water partition coefficient (Wildman–Crippen LogP) is 0.262. The van der Waals surface area contributed by atoms with Gasteiger partial charge in [0.1, 0.15) is 0 Å². The molecule has 1 saturated heterocycles. The number of nitrogens with one attached hydrogen (secondary N) is 1. The minimum Gasteiger partial charge on any atom is -0.481 e. The molecule has 0 spiro atoms. The molecule has 0 saturated carbocycles. The van der Waals surface area contributed by atoms with Gasteiger partial charge in [-0.05, 0) is 19.8 Å². The third kappa shape index (κ3) is 3.18. The fourth-order valence-electron chi connectivity index (χ4n) is 1.80. The van der Waals surface area contributed by atoms with Crippen LogP contribution < -0.4 is 5.32 Å². The van der Waals surface area contributed by atoms with Crippen LogP contribution >= 0.6 is 0 Å². The van der Waals surface area contributed by atoms with Gasteiger partial charge in [0, 0.05) is 12.6 Å². The number of carbonyl (C=O) groups is 1. The molecule has 1 heterocycles. The molecule has 2 N–H and O–H groups in total. The molecule has 6 heteroatoms. The van der Waals surface area contributed by atoms with Gasteiger partial charge in [0.2, 0.25) is 0 Å². The van der Waals surface area contributed by atoms with Crippen molar-refractivity contribution < 1.29 is 18.3 Å². The molecule has 0 aromatic rings. The molecule has 3 atom stereocenters. The molecule has 1 aliphatic rings. The first kappa shape index (κ1) is 13.4. The van der Waals surface area contributed by atoms with Gasteiger partial charge in [0.05, 0.1) is 16.9 Å². The van der Waals surface area contributed by atoms with Crippen molar-refractivity contribution in [2.75, 3.05) is 12.3 Å². The summed E-state index contributed by atoms with van der Waals surface area (Å²) >= 11 is 0. The van der Waals surface area contributed by atoms with Crippen LogP contribution in [0.4, 0.5) is 0 Å². The second-order valence-electron chi connectivity index (χ2n) is 4.46. The summed E-state index contributed by atoms with van der Waals surface area (Å²) in [6.07, 6.45) is 1.40. The number of rotatable bonds is 5. The van der Waals surface area contributed by atoms with Crippen LogP contribution in [0.15, 0.2) is 0 Å². The topological polar surface area (TPSA) is 83.5 Å². The van der Waals surface area contributed by atoms with Crippen LogP contribution in [0.3, 0.4) is 0 Å². The Bertz CT molecular complexity index is 352. The highest BCUT2D eigenvalue weighted by Crippen LogP contribution is 2.19. The zero-order valence-electron chi connectivity index (χ0n) is 9.64. The summed E-state index contributed by atoms with van der Waals surface area (Å²) in [5, 5.41) is 11.5. The summed E-state index contributed by atoms with van der Waals surface area (Å²) in [5.41, 5.74) is 0. The Labute approximate surface area is 96.1 Å². The van der Waals surface area contributed by atoms with E-state index in [-0.39, 0.29) is 17.0 Å². The van der Waals surface area contributed by atoms with E-state index in [1.165, 1.54) is 0 Å². The second kappa shape index (κ2) is 5.14. The van der Waals surface area contributed by atoms with Gasteiger partial charge in [-0.15, -0.1) is 0 Å². The normalized spacial score (nSPS) is 27.5. The smallest absolute Gasteiger partial charge is 0.307 e. The monoisotopic (exact) mass is 249 g/mol. The van der Waals surface area contributed by atoms with E-state index in [4.69, 9.17) is 5.11 Å². The number of carboxylic acid groups (broad SMARTS) is 1. The molecule has 16 heavy (non-hydrogen) atoms. The van der Waals surface area contributed by atoms with E-state index in [9.17, 15) is 13.2 Å². The van der Waals surface area contributed by atoms with Crippen molar-refractivity contribution in [1.82, 2.24) is 5.32 Å². The molecule has 94 valence electrons. The first-order valence-electron chi connectivity index (χ1n) is 5.52. The zero-order chi connectivity index (χ0) is 12.3. The highest BCUT2D eigenvalue weighted by molar-refractivity contribution is 7.92. The quantitative estimate of drug-likeness (QED) is 0.730. The molecule has 1 rings (SSSR count). The second-order valence-corrected chi connectivity index (χ2v) is 6.86. The summed E-state index contributed by atoms with van der Waals surface area (Å²) in [6, 6.07) is -0.215. The van der Waals surface area contributed by atoms with Gasteiger partial charge in [0.25, 0.3) is 0 Å². The lowest BCUT2D eigenvalue weighted by molar-refractivity contribution is -0.141. The van der Waals surface area contributed by atoms with Crippen LogP contribution in [0.1, 0.15) is 26.7 Å². The highest BCUT2D eigenvalue weighted by Gasteiger charge is 2.31. The minimum absolute atomic E-state index is 0.215. The Kier molecular flexibility index (Phi) is 4.32. The van der Waals surface area contributed by atoms with Crippen LogP contribution in [-0.2, 0) is 14.6 Å². The van der Waals surface area contributed by atoms with Crippen LogP contribution in [0.2, 0.25) is 0 Å². The van der Waals surface area contributed by atoms with Crippen LogP contribution in [0, 0.1) is 5.92 Å². The largest absolute Gasteiger partial charge is 0.481 e. The van der Waals surface area contributed by atoms with Gasteiger partial charge in [0.15, 0.2) is 9.84 Å². The van der Waals surface area contributed by atoms with Crippen molar-refractivity contribution in [1.29, 1.82) is 0 Å². The Morgan fingerprint density at radius 3 is 2.56 bits per heavy atom. The molecule has 1 aliphatic heterocycles. The number of carboxylic acids is 1. The minimum atomic E-state index is -2.94. The van der Waals surface area contributed by atoms with Crippen molar-refractivity contribution in [2.24, 2.45) is 5.92 Å². The Morgan fingerprint density at radius 1 is 1.50 bits per heavy atom. The maximum Gasteiger partial charge on any atom is 0.307 e. The fraction of sp³-hybridized carbons (Fsp3) is 0.900. The standard InChI is InChI=1S/C10H19NO4S/c1-7(10(12)13)8(2)11-6-9-4-3-5-16(9,14)15/h7-9,11H,3-6H2,1-2H3,(H,12,13). The molecular formula is C10H19NO4S. The first-order chi connectivity index (χ1) is 7.34. The van der Waals surface area contributed by atoms with Gasteiger partial charge < -0.3 is 10.4 Å². The summed E-state index contributed by atoms with van der Waals surface area (Å²) in [4.78, 5) is 10.7. The number of hydrogen-bond acceptors (Lipinski definition) is 4. The van der Waals surface area contributed by atoms with Crippen molar-refractivity contribution >= 4 is 15.8 Å².